The van der Waals surface area contributed by atoms with Crippen molar-refractivity contribution in [3.63, 3.8) is 0 Å². The number of aryl methyl sites for hydroxylation is 2. The van der Waals surface area contributed by atoms with Crippen molar-refractivity contribution in [1.82, 2.24) is 4.98 Å². The largest absolute Gasteiger partial charge is 0.248 e. The van der Waals surface area contributed by atoms with Gasteiger partial charge in [0.25, 0.3) is 0 Å². The molecule has 0 atom stereocenters. The molecule has 0 spiro atoms. The number of benzene rings is 2. The molecule has 0 aliphatic heterocycles. The number of hydrogen-bond acceptors (Lipinski definition) is 1. The maximum Gasteiger partial charge on any atom is 0.0712 e. The van der Waals surface area contributed by atoms with E-state index in [4.69, 9.17) is 4.98 Å². The molecule has 112 valence electrons. The van der Waals surface area contributed by atoms with E-state index < -0.39 is 0 Å². The van der Waals surface area contributed by atoms with E-state index in [1.54, 1.807) is 0 Å². The highest BCUT2D eigenvalue weighted by molar-refractivity contribution is 5.85. The van der Waals surface area contributed by atoms with Crippen LogP contribution >= 0.6 is 0 Å². The summed E-state index contributed by atoms with van der Waals surface area (Å²) in [4.78, 5) is 4.90. The molecule has 0 aliphatic carbocycles. The molecular weight excluding hydrogens is 266 g/mol. The minimum absolute atomic E-state index is 0.514. The fraction of sp³-hybridized carbons (Fsp3) is 0.286. The Morgan fingerprint density at radius 2 is 1.55 bits per heavy atom. The number of rotatable bonds is 2. The van der Waals surface area contributed by atoms with Gasteiger partial charge < -0.3 is 0 Å². The minimum Gasteiger partial charge on any atom is -0.248 e. The Balaban J connectivity index is 2.17. The van der Waals surface area contributed by atoms with Gasteiger partial charge in [-0.25, -0.2) is 4.98 Å². The first-order valence-corrected chi connectivity index (χ1v) is 7.95. The van der Waals surface area contributed by atoms with E-state index in [1.165, 1.54) is 33.2 Å². The van der Waals surface area contributed by atoms with Crippen molar-refractivity contribution >= 4 is 10.9 Å². The van der Waals surface area contributed by atoms with E-state index in [9.17, 15) is 0 Å². The summed E-state index contributed by atoms with van der Waals surface area (Å²) < 4.78 is 0. The van der Waals surface area contributed by atoms with Crippen LogP contribution in [0.25, 0.3) is 22.2 Å². The highest BCUT2D eigenvalue weighted by atomic mass is 14.7. The van der Waals surface area contributed by atoms with Gasteiger partial charge >= 0.3 is 0 Å². The third-order valence-electron chi connectivity index (χ3n) is 4.61. The second kappa shape index (κ2) is 5.57. The smallest absolute Gasteiger partial charge is 0.0712 e. The van der Waals surface area contributed by atoms with Crippen LogP contribution in [0.3, 0.4) is 0 Å². The first-order chi connectivity index (χ1) is 10.5. The summed E-state index contributed by atoms with van der Waals surface area (Å²) in [6, 6.07) is 15.3. The third-order valence-corrected chi connectivity index (χ3v) is 4.61. The first kappa shape index (κ1) is 14.8. The van der Waals surface area contributed by atoms with Gasteiger partial charge in [0.1, 0.15) is 0 Å². The molecule has 3 rings (SSSR count). The van der Waals surface area contributed by atoms with E-state index in [-0.39, 0.29) is 0 Å². The van der Waals surface area contributed by atoms with Crippen LogP contribution in [0.5, 0.6) is 0 Å². The van der Waals surface area contributed by atoms with Gasteiger partial charge in [-0.05, 0) is 73.2 Å². The molecule has 2 aromatic carbocycles. The first-order valence-electron chi connectivity index (χ1n) is 7.95. The van der Waals surface area contributed by atoms with Crippen LogP contribution in [0.1, 0.15) is 42.0 Å². The van der Waals surface area contributed by atoms with Crippen LogP contribution in [0.15, 0.2) is 42.5 Å². The Labute approximate surface area is 133 Å². The van der Waals surface area contributed by atoms with E-state index >= 15 is 0 Å². The molecular formula is C21H23N. The second-order valence-corrected chi connectivity index (χ2v) is 6.50. The standard InChI is InChI=1S/C21H23N/c1-13(2)18-7-6-8-21-19(18)9-10-20(22-21)17-11-14(3)16(5)15(4)12-17/h6-13H,1-5H3. The van der Waals surface area contributed by atoms with E-state index in [1.807, 2.05) is 0 Å². The predicted octanol–water partition coefficient (Wildman–Crippen LogP) is 5.95. The number of pyridine rings is 1. The summed E-state index contributed by atoms with van der Waals surface area (Å²) in [5.74, 6) is 0.514. The molecule has 1 heterocycles. The molecule has 0 saturated heterocycles. The van der Waals surface area contributed by atoms with Gasteiger partial charge in [-0.2, -0.15) is 0 Å². The normalized spacial score (nSPS) is 11.4. The van der Waals surface area contributed by atoms with Crippen LogP contribution in [0, 0.1) is 20.8 Å². The molecule has 0 fully saturated rings. The molecule has 0 aliphatic rings. The predicted molar refractivity (Wildman–Crippen MR) is 95.5 cm³/mol. The van der Waals surface area contributed by atoms with Crippen molar-refractivity contribution in [2.75, 3.05) is 0 Å². The average Bonchev–Trinajstić information content (AvgIpc) is 2.50. The zero-order valence-corrected chi connectivity index (χ0v) is 14.1. The van der Waals surface area contributed by atoms with Gasteiger partial charge in [-0.3, -0.25) is 0 Å². The SMILES string of the molecule is Cc1cc(-c2ccc3c(C(C)C)cccc3n2)cc(C)c1C. The Kier molecular flexibility index (Phi) is 3.74. The van der Waals surface area contributed by atoms with E-state index in [0.29, 0.717) is 5.92 Å². The Bertz CT molecular complexity index is 821. The quantitative estimate of drug-likeness (QED) is 0.568. The molecule has 22 heavy (non-hydrogen) atoms. The molecule has 1 aromatic heterocycles. The summed E-state index contributed by atoms with van der Waals surface area (Å²) in [5, 5.41) is 1.27. The van der Waals surface area contributed by atoms with Gasteiger partial charge in [-0.1, -0.05) is 32.0 Å². The monoisotopic (exact) mass is 289 g/mol. The van der Waals surface area contributed by atoms with E-state index in [0.717, 1.165) is 11.2 Å². The summed E-state index contributed by atoms with van der Waals surface area (Å²) in [6.07, 6.45) is 0. The summed E-state index contributed by atoms with van der Waals surface area (Å²) in [6.45, 7) is 11.0. The van der Waals surface area contributed by atoms with Crippen LogP contribution < -0.4 is 0 Å². The van der Waals surface area contributed by atoms with Crippen LogP contribution in [-0.2, 0) is 0 Å². The molecule has 0 bridgehead atoms. The van der Waals surface area contributed by atoms with Gasteiger partial charge in [0.2, 0.25) is 0 Å². The number of fused-ring (bicyclic) bond motifs is 1. The minimum atomic E-state index is 0.514. The lowest BCUT2D eigenvalue weighted by molar-refractivity contribution is 0.876. The molecule has 0 amide bonds. The lowest BCUT2D eigenvalue weighted by atomic mass is 9.96. The van der Waals surface area contributed by atoms with Crippen molar-refractivity contribution in [1.29, 1.82) is 0 Å². The Hall–Kier alpha value is -2.15. The van der Waals surface area contributed by atoms with Crippen LogP contribution in [-0.4, -0.2) is 4.98 Å². The molecule has 0 unspecified atom stereocenters. The molecule has 1 heteroatoms. The van der Waals surface area contributed by atoms with Crippen molar-refractivity contribution in [2.24, 2.45) is 0 Å². The number of aromatic nitrogens is 1. The average molecular weight is 289 g/mol. The van der Waals surface area contributed by atoms with E-state index in [2.05, 4.69) is 77.1 Å². The van der Waals surface area contributed by atoms with Crippen molar-refractivity contribution in [2.45, 2.75) is 40.5 Å². The maximum atomic E-state index is 4.90. The third kappa shape index (κ3) is 2.52. The van der Waals surface area contributed by atoms with Crippen molar-refractivity contribution < 1.29 is 0 Å². The molecule has 1 nitrogen and oxygen atoms in total. The topological polar surface area (TPSA) is 12.9 Å². The zero-order valence-electron chi connectivity index (χ0n) is 14.1. The lowest BCUT2D eigenvalue weighted by Crippen LogP contribution is -1.94. The van der Waals surface area contributed by atoms with Crippen molar-refractivity contribution in [3.05, 3.63) is 64.7 Å². The summed E-state index contributed by atoms with van der Waals surface area (Å²) in [5.41, 5.74) is 8.73. The van der Waals surface area contributed by atoms with Crippen LogP contribution in [0.2, 0.25) is 0 Å². The maximum absolute atomic E-state index is 4.90. The second-order valence-electron chi connectivity index (χ2n) is 6.50. The fourth-order valence-corrected chi connectivity index (χ4v) is 3.03. The van der Waals surface area contributed by atoms with Gasteiger partial charge in [0.15, 0.2) is 0 Å². The molecule has 3 aromatic rings. The summed E-state index contributed by atoms with van der Waals surface area (Å²) >= 11 is 0. The van der Waals surface area contributed by atoms with Gasteiger partial charge in [-0.15, -0.1) is 0 Å². The van der Waals surface area contributed by atoms with Gasteiger partial charge in [0.05, 0.1) is 11.2 Å². The molecule has 0 radical (unpaired) electrons. The Morgan fingerprint density at radius 3 is 2.18 bits per heavy atom. The Morgan fingerprint density at radius 1 is 0.864 bits per heavy atom. The van der Waals surface area contributed by atoms with Gasteiger partial charge in [0, 0.05) is 10.9 Å². The van der Waals surface area contributed by atoms with Crippen molar-refractivity contribution in [3.8, 4) is 11.3 Å². The molecule has 0 N–H and O–H groups in total. The highest BCUT2D eigenvalue weighted by Crippen LogP contribution is 2.28. The number of nitrogens with zero attached hydrogens (tertiary/aromatic N) is 1. The summed E-state index contributed by atoms with van der Waals surface area (Å²) in [7, 11) is 0. The molecule has 0 saturated carbocycles. The number of hydrogen-bond donors (Lipinski definition) is 0. The zero-order chi connectivity index (χ0) is 15.9. The van der Waals surface area contributed by atoms with Crippen LogP contribution in [0.4, 0.5) is 0 Å². The lowest BCUT2D eigenvalue weighted by Gasteiger charge is -2.12. The fourth-order valence-electron chi connectivity index (χ4n) is 3.03. The highest BCUT2D eigenvalue weighted by Gasteiger charge is 2.09.